The van der Waals surface area contributed by atoms with E-state index in [1.165, 1.54) is 43.6 Å². The highest BCUT2D eigenvalue weighted by atomic mass is 15.1. The van der Waals surface area contributed by atoms with Crippen LogP contribution >= 0.6 is 0 Å². The van der Waals surface area contributed by atoms with Gasteiger partial charge >= 0.3 is 0 Å². The van der Waals surface area contributed by atoms with Crippen molar-refractivity contribution in [3.05, 3.63) is 24.0 Å². The summed E-state index contributed by atoms with van der Waals surface area (Å²) in [4.78, 5) is 6.80. The lowest BCUT2D eigenvalue weighted by Crippen LogP contribution is -2.36. The Balaban J connectivity index is 2.15. The number of hydrogen-bond donors (Lipinski definition) is 1. The molecule has 3 nitrogen and oxygen atoms in total. The van der Waals surface area contributed by atoms with Gasteiger partial charge in [-0.25, -0.2) is 0 Å². The van der Waals surface area contributed by atoms with Gasteiger partial charge in [-0.15, -0.1) is 0 Å². The van der Waals surface area contributed by atoms with Crippen LogP contribution in [0.3, 0.4) is 0 Å². The summed E-state index contributed by atoms with van der Waals surface area (Å²) in [7, 11) is 2.00. The number of aromatic nitrogens is 1. The van der Waals surface area contributed by atoms with Crippen LogP contribution in [0.2, 0.25) is 0 Å². The van der Waals surface area contributed by atoms with Crippen molar-refractivity contribution in [1.82, 2.24) is 10.3 Å². The minimum atomic E-state index is 0.853. The van der Waals surface area contributed by atoms with Crippen LogP contribution in [0.25, 0.3) is 0 Å². The number of anilines is 1. The number of nitrogens with zero attached hydrogens (tertiary/aromatic N) is 2. The van der Waals surface area contributed by atoms with E-state index in [4.69, 9.17) is 0 Å². The molecule has 1 unspecified atom stereocenters. The van der Waals surface area contributed by atoms with Crippen molar-refractivity contribution in [2.75, 3.05) is 25.0 Å². The Morgan fingerprint density at radius 3 is 3.18 bits per heavy atom. The third-order valence-electron chi connectivity index (χ3n) is 3.69. The highest BCUT2D eigenvalue weighted by Crippen LogP contribution is 2.26. The Morgan fingerprint density at radius 1 is 1.53 bits per heavy atom. The maximum absolute atomic E-state index is 4.28. The lowest BCUT2D eigenvalue weighted by Gasteiger charge is -2.35. The first kappa shape index (κ1) is 12.4. The molecule has 3 heteroatoms. The van der Waals surface area contributed by atoms with Crippen LogP contribution in [0, 0.1) is 5.92 Å². The molecule has 0 spiro atoms. The normalized spacial score (nSPS) is 20.6. The highest BCUT2D eigenvalue weighted by molar-refractivity contribution is 5.52. The molecule has 2 heterocycles. The first-order valence-corrected chi connectivity index (χ1v) is 6.67. The summed E-state index contributed by atoms with van der Waals surface area (Å²) in [5.41, 5.74) is 2.68. The van der Waals surface area contributed by atoms with Gasteiger partial charge in [0, 0.05) is 25.8 Å². The lowest BCUT2D eigenvalue weighted by atomic mass is 9.95. The van der Waals surface area contributed by atoms with Crippen molar-refractivity contribution >= 4 is 5.69 Å². The van der Waals surface area contributed by atoms with Crippen molar-refractivity contribution in [3.8, 4) is 0 Å². The SMILES string of the molecule is CCC1CCCN(c2cnccc2CNC)C1. The van der Waals surface area contributed by atoms with Gasteiger partial charge in [-0.05, 0) is 37.4 Å². The van der Waals surface area contributed by atoms with Crippen LogP contribution in [0.1, 0.15) is 31.7 Å². The molecule has 1 saturated heterocycles. The average molecular weight is 233 g/mol. The Labute approximate surface area is 104 Å². The topological polar surface area (TPSA) is 28.2 Å². The Kier molecular flexibility index (Phi) is 4.37. The summed E-state index contributed by atoms with van der Waals surface area (Å²) in [6.45, 7) is 5.59. The van der Waals surface area contributed by atoms with E-state index >= 15 is 0 Å². The predicted octanol–water partition coefficient (Wildman–Crippen LogP) is 2.43. The highest BCUT2D eigenvalue weighted by Gasteiger charge is 2.20. The van der Waals surface area contributed by atoms with Gasteiger partial charge in [-0.3, -0.25) is 4.98 Å². The summed E-state index contributed by atoms with van der Waals surface area (Å²) < 4.78 is 0. The molecule has 2 rings (SSSR count). The van der Waals surface area contributed by atoms with Crippen molar-refractivity contribution in [2.24, 2.45) is 5.92 Å². The molecule has 1 N–H and O–H groups in total. The van der Waals surface area contributed by atoms with E-state index in [0.29, 0.717) is 0 Å². The largest absolute Gasteiger partial charge is 0.370 e. The molecule has 1 aromatic rings. The third kappa shape index (κ3) is 2.97. The predicted molar refractivity (Wildman–Crippen MR) is 72.2 cm³/mol. The first-order valence-electron chi connectivity index (χ1n) is 6.67. The number of rotatable bonds is 4. The summed E-state index contributed by atoms with van der Waals surface area (Å²) in [5.74, 6) is 0.853. The summed E-state index contributed by atoms with van der Waals surface area (Å²) in [6, 6.07) is 2.13. The molecule has 1 fully saturated rings. The fraction of sp³-hybridized carbons (Fsp3) is 0.643. The van der Waals surface area contributed by atoms with E-state index in [1.54, 1.807) is 0 Å². The van der Waals surface area contributed by atoms with Gasteiger partial charge < -0.3 is 10.2 Å². The van der Waals surface area contributed by atoms with Crippen molar-refractivity contribution in [1.29, 1.82) is 0 Å². The number of piperidine rings is 1. The van der Waals surface area contributed by atoms with Crippen molar-refractivity contribution in [3.63, 3.8) is 0 Å². The second-order valence-electron chi connectivity index (χ2n) is 4.90. The Morgan fingerprint density at radius 2 is 2.41 bits per heavy atom. The molecule has 17 heavy (non-hydrogen) atoms. The Hall–Kier alpha value is -1.09. The van der Waals surface area contributed by atoms with Gasteiger partial charge in [0.2, 0.25) is 0 Å². The number of nitrogens with one attached hydrogen (secondary N) is 1. The zero-order valence-corrected chi connectivity index (χ0v) is 10.9. The molecule has 1 aliphatic rings. The molecular weight excluding hydrogens is 210 g/mol. The number of pyridine rings is 1. The second kappa shape index (κ2) is 6.01. The van der Waals surface area contributed by atoms with Crippen LogP contribution < -0.4 is 10.2 Å². The van der Waals surface area contributed by atoms with Gasteiger partial charge in [-0.2, -0.15) is 0 Å². The van der Waals surface area contributed by atoms with E-state index in [0.717, 1.165) is 12.5 Å². The van der Waals surface area contributed by atoms with E-state index in [1.807, 2.05) is 19.4 Å². The van der Waals surface area contributed by atoms with E-state index < -0.39 is 0 Å². The standard InChI is InChI=1S/C14H23N3/c1-3-12-5-4-8-17(11-12)14-10-16-7-6-13(14)9-15-2/h6-7,10,12,15H,3-5,8-9,11H2,1-2H3. The lowest BCUT2D eigenvalue weighted by molar-refractivity contribution is 0.404. The fourth-order valence-electron chi connectivity index (χ4n) is 2.66. The molecule has 1 aliphatic heterocycles. The molecule has 94 valence electrons. The molecule has 0 radical (unpaired) electrons. The van der Waals surface area contributed by atoms with Crippen LogP contribution in [-0.4, -0.2) is 25.1 Å². The Bertz CT molecular complexity index is 351. The maximum atomic E-state index is 4.28. The van der Waals surface area contributed by atoms with Gasteiger partial charge in [0.1, 0.15) is 0 Å². The molecule has 0 aromatic carbocycles. The van der Waals surface area contributed by atoms with Crippen molar-refractivity contribution in [2.45, 2.75) is 32.7 Å². The average Bonchev–Trinajstić information content (AvgIpc) is 2.40. The molecule has 0 aliphatic carbocycles. The molecule has 1 aromatic heterocycles. The molecule has 0 bridgehead atoms. The van der Waals surface area contributed by atoms with Crippen LogP contribution in [0.4, 0.5) is 5.69 Å². The smallest absolute Gasteiger partial charge is 0.0598 e. The molecular formula is C14H23N3. The van der Waals surface area contributed by atoms with Gasteiger partial charge in [0.25, 0.3) is 0 Å². The third-order valence-corrected chi connectivity index (χ3v) is 3.69. The zero-order valence-electron chi connectivity index (χ0n) is 10.9. The summed E-state index contributed by atoms with van der Waals surface area (Å²) in [6.07, 6.45) is 7.89. The summed E-state index contributed by atoms with van der Waals surface area (Å²) in [5, 5.41) is 3.23. The van der Waals surface area contributed by atoms with Gasteiger partial charge in [0.05, 0.1) is 11.9 Å². The second-order valence-corrected chi connectivity index (χ2v) is 4.90. The van der Waals surface area contributed by atoms with Crippen LogP contribution in [0.5, 0.6) is 0 Å². The van der Waals surface area contributed by atoms with Crippen LogP contribution in [-0.2, 0) is 6.54 Å². The number of hydrogen-bond acceptors (Lipinski definition) is 3. The van der Waals surface area contributed by atoms with Crippen molar-refractivity contribution < 1.29 is 0 Å². The van der Waals surface area contributed by atoms with E-state index in [-0.39, 0.29) is 0 Å². The van der Waals surface area contributed by atoms with E-state index in [9.17, 15) is 0 Å². The first-order chi connectivity index (χ1) is 8.35. The van der Waals surface area contributed by atoms with Crippen LogP contribution in [0.15, 0.2) is 18.5 Å². The quantitative estimate of drug-likeness (QED) is 0.865. The minimum Gasteiger partial charge on any atom is -0.370 e. The molecule has 0 saturated carbocycles. The van der Waals surface area contributed by atoms with Gasteiger partial charge in [0.15, 0.2) is 0 Å². The molecule has 0 amide bonds. The maximum Gasteiger partial charge on any atom is 0.0598 e. The minimum absolute atomic E-state index is 0.853. The van der Waals surface area contributed by atoms with Gasteiger partial charge in [-0.1, -0.05) is 13.3 Å². The zero-order chi connectivity index (χ0) is 12.1. The molecule has 1 atom stereocenters. The fourth-order valence-corrected chi connectivity index (χ4v) is 2.66. The summed E-state index contributed by atoms with van der Waals surface area (Å²) >= 11 is 0. The van der Waals surface area contributed by atoms with E-state index in [2.05, 4.69) is 28.2 Å². The monoisotopic (exact) mass is 233 g/mol.